The number of amides is 1. The maximum absolute atomic E-state index is 13.1. The number of para-hydroxylation sites is 1. The van der Waals surface area contributed by atoms with E-state index in [1.807, 2.05) is 41.3 Å². The number of hydrogen-bond donors (Lipinski definition) is 0. The zero-order valence-electron chi connectivity index (χ0n) is 15.0. The van der Waals surface area contributed by atoms with Crippen molar-refractivity contribution in [1.29, 1.82) is 0 Å². The SMILES string of the molecule is O=C(CSc1ncnc2ccccc12)N(Cc1ccco1)C1=CCCCC1. The molecule has 2 heterocycles. The number of furan rings is 1. The lowest BCUT2D eigenvalue weighted by molar-refractivity contribution is -0.127. The van der Waals surface area contributed by atoms with Gasteiger partial charge in [-0.3, -0.25) is 4.79 Å². The highest BCUT2D eigenvalue weighted by Crippen LogP contribution is 2.27. The molecule has 0 spiro atoms. The van der Waals surface area contributed by atoms with Gasteiger partial charge in [-0.25, -0.2) is 9.97 Å². The van der Waals surface area contributed by atoms with Gasteiger partial charge in [-0.1, -0.05) is 36.0 Å². The van der Waals surface area contributed by atoms with E-state index < -0.39 is 0 Å². The Morgan fingerprint density at radius 1 is 1.15 bits per heavy atom. The second kappa shape index (κ2) is 8.39. The third kappa shape index (κ3) is 4.22. The highest BCUT2D eigenvalue weighted by Gasteiger charge is 2.21. The van der Waals surface area contributed by atoms with Crippen molar-refractivity contribution in [3.8, 4) is 0 Å². The minimum atomic E-state index is 0.0762. The first-order valence-corrected chi connectivity index (χ1v) is 10.1. The van der Waals surface area contributed by atoms with Crippen molar-refractivity contribution in [3.63, 3.8) is 0 Å². The molecule has 0 saturated carbocycles. The first-order valence-electron chi connectivity index (χ1n) is 9.15. The fraction of sp³-hybridized carbons (Fsp3) is 0.286. The Kier molecular flexibility index (Phi) is 5.53. The van der Waals surface area contributed by atoms with E-state index >= 15 is 0 Å². The summed E-state index contributed by atoms with van der Waals surface area (Å²) in [5.74, 6) is 1.21. The topological polar surface area (TPSA) is 59.2 Å². The van der Waals surface area contributed by atoms with Crippen LogP contribution in [0.4, 0.5) is 0 Å². The molecule has 0 unspecified atom stereocenters. The summed E-state index contributed by atoms with van der Waals surface area (Å²) in [5.41, 5.74) is 2.00. The number of thioether (sulfide) groups is 1. The molecule has 0 saturated heterocycles. The highest BCUT2D eigenvalue weighted by molar-refractivity contribution is 8.00. The van der Waals surface area contributed by atoms with E-state index in [1.165, 1.54) is 18.2 Å². The van der Waals surface area contributed by atoms with Crippen LogP contribution in [0, 0.1) is 0 Å². The van der Waals surface area contributed by atoms with Crippen molar-refractivity contribution in [2.45, 2.75) is 37.3 Å². The van der Waals surface area contributed by atoms with Crippen LogP contribution in [-0.4, -0.2) is 26.5 Å². The fourth-order valence-electron chi connectivity index (χ4n) is 3.28. The van der Waals surface area contributed by atoms with Gasteiger partial charge in [0.1, 0.15) is 17.1 Å². The van der Waals surface area contributed by atoms with Gasteiger partial charge in [0, 0.05) is 11.1 Å². The molecular weight excluding hydrogens is 358 g/mol. The summed E-state index contributed by atoms with van der Waals surface area (Å²) in [6.45, 7) is 0.475. The number of carbonyl (C=O) groups excluding carboxylic acids is 1. The Labute approximate surface area is 162 Å². The van der Waals surface area contributed by atoms with Gasteiger partial charge in [0.05, 0.1) is 24.1 Å². The molecule has 1 aliphatic carbocycles. The second-order valence-electron chi connectivity index (χ2n) is 6.49. The van der Waals surface area contributed by atoms with E-state index in [1.54, 1.807) is 12.6 Å². The summed E-state index contributed by atoms with van der Waals surface area (Å²) in [7, 11) is 0. The molecule has 0 fully saturated rings. The second-order valence-corrected chi connectivity index (χ2v) is 7.45. The van der Waals surface area contributed by atoms with Crippen LogP contribution < -0.4 is 0 Å². The lowest BCUT2D eigenvalue weighted by Gasteiger charge is -2.27. The van der Waals surface area contributed by atoms with E-state index in [0.29, 0.717) is 12.3 Å². The zero-order chi connectivity index (χ0) is 18.5. The average molecular weight is 379 g/mol. The molecule has 1 aromatic carbocycles. The molecule has 0 aliphatic heterocycles. The monoisotopic (exact) mass is 379 g/mol. The molecule has 0 bridgehead atoms. The Hall–Kier alpha value is -2.60. The molecule has 5 nitrogen and oxygen atoms in total. The van der Waals surface area contributed by atoms with Crippen LogP contribution in [0.25, 0.3) is 10.9 Å². The summed E-state index contributed by atoms with van der Waals surface area (Å²) in [6.07, 6.45) is 9.67. The third-order valence-corrected chi connectivity index (χ3v) is 5.64. The standard InChI is InChI=1S/C21H21N3O2S/c25-20(14-27-21-18-10-4-5-11-19(18)22-15-23-21)24(13-17-9-6-12-26-17)16-7-2-1-3-8-16/h4-7,9-12,15H,1-3,8,13-14H2. The first-order chi connectivity index (χ1) is 13.3. The lowest BCUT2D eigenvalue weighted by atomic mass is 10.0. The number of aromatic nitrogens is 2. The highest BCUT2D eigenvalue weighted by atomic mass is 32.2. The largest absolute Gasteiger partial charge is 0.467 e. The molecule has 0 N–H and O–H groups in total. The van der Waals surface area contributed by atoms with Crippen molar-refractivity contribution in [2.75, 3.05) is 5.75 Å². The van der Waals surface area contributed by atoms with E-state index in [4.69, 9.17) is 4.42 Å². The van der Waals surface area contributed by atoms with Gasteiger partial charge in [-0.15, -0.1) is 0 Å². The van der Waals surface area contributed by atoms with Gasteiger partial charge in [-0.2, -0.15) is 0 Å². The minimum absolute atomic E-state index is 0.0762. The molecule has 138 valence electrons. The molecular formula is C21H21N3O2S. The van der Waals surface area contributed by atoms with E-state index in [9.17, 15) is 4.79 Å². The summed E-state index contributed by atoms with van der Waals surface area (Å²) in [4.78, 5) is 23.6. The van der Waals surface area contributed by atoms with Crippen molar-refractivity contribution < 1.29 is 9.21 Å². The molecule has 1 aliphatic rings. The predicted molar refractivity (Wildman–Crippen MR) is 106 cm³/mol. The molecule has 4 rings (SSSR count). The number of nitrogens with zero attached hydrogens (tertiary/aromatic N) is 3. The van der Waals surface area contributed by atoms with Crippen LogP contribution in [0.3, 0.4) is 0 Å². The van der Waals surface area contributed by atoms with Gasteiger partial charge in [0.2, 0.25) is 5.91 Å². The normalized spacial score (nSPS) is 14.1. The maximum atomic E-state index is 13.1. The number of benzene rings is 1. The number of carbonyl (C=O) groups is 1. The number of fused-ring (bicyclic) bond motifs is 1. The Bertz CT molecular complexity index is 948. The Morgan fingerprint density at radius 2 is 2.07 bits per heavy atom. The van der Waals surface area contributed by atoms with Crippen LogP contribution in [0.1, 0.15) is 31.4 Å². The van der Waals surface area contributed by atoms with Crippen molar-refractivity contribution in [3.05, 3.63) is 66.5 Å². The van der Waals surface area contributed by atoms with Gasteiger partial charge in [0.15, 0.2) is 0 Å². The van der Waals surface area contributed by atoms with Gasteiger partial charge in [-0.05, 0) is 43.9 Å². The summed E-state index contributed by atoms with van der Waals surface area (Å²) in [5, 5.41) is 1.82. The number of hydrogen-bond acceptors (Lipinski definition) is 5. The lowest BCUT2D eigenvalue weighted by Crippen LogP contribution is -2.32. The van der Waals surface area contributed by atoms with Gasteiger partial charge >= 0.3 is 0 Å². The quantitative estimate of drug-likeness (QED) is 0.455. The van der Waals surface area contributed by atoms with Gasteiger partial charge in [0.25, 0.3) is 0 Å². The van der Waals surface area contributed by atoms with Crippen LogP contribution in [0.15, 0.2) is 70.2 Å². The fourth-order valence-corrected chi connectivity index (χ4v) is 4.14. The molecule has 6 heteroatoms. The minimum Gasteiger partial charge on any atom is -0.467 e. The van der Waals surface area contributed by atoms with E-state index in [0.717, 1.165) is 46.6 Å². The maximum Gasteiger partial charge on any atom is 0.237 e. The Balaban J connectivity index is 1.51. The molecule has 3 aromatic rings. The van der Waals surface area contributed by atoms with E-state index in [-0.39, 0.29) is 5.91 Å². The molecule has 0 atom stereocenters. The number of rotatable bonds is 6. The number of allylic oxidation sites excluding steroid dienone is 2. The average Bonchev–Trinajstić information content (AvgIpc) is 3.24. The first kappa shape index (κ1) is 17.8. The molecule has 2 aromatic heterocycles. The zero-order valence-corrected chi connectivity index (χ0v) is 15.8. The predicted octanol–water partition coefficient (Wildman–Crippen LogP) is 4.80. The Morgan fingerprint density at radius 3 is 2.89 bits per heavy atom. The van der Waals surface area contributed by atoms with Crippen LogP contribution in [0.2, 0.25) is 0 Å². The smallest absolute Gasteiger partial charge is 0.237 e. The summed E-state index contributed by atoms with van der Waals surface area (Å²) < 4.78 is 5.48. The summed E-state index contributed by atoms with van der Waals surface area (Å²) in [6, 6.07) is 11.6. The van der Waals surface area contributed by atoms with Crippen molar-refractivity contribution in [1.82, 2.24) is 14.9 Å². The molecule has 0 radical (unpaired) electrons. The third-order valence-electron chi connectivity index (χ3n) is 4.65. The summed E-state index contributed by atoms with van der Waals surface area (Å²) >= 11 is 1.46. The van der Waals surface area contributed by atoms with Crippen LogP contribution in [0.5, 0.6) is 0 Å². The van der Waals surface area contributed by atoms with Crippen molar-refractivity contribution >= 4 is 28.6 Å². The molecule has 27 heavy (non-hydrogen) atoms. The van der Waals surface area contributed by atoms with Crippen molar-refractivity contribution in [2.24, 2.45) is 0 Å². The van der Waals surface area contributed by atoms with Gasteiger partial charge < -0.3 is 9.32 Å². The van der Waals surface area contributed by atoms with E-state index in [2.05, 4.69) is 16.0 Å². The van der Waals surface area contributed by atoms with Crippen LogP contribution in [-0.2, 0) is 11.3 Å². The van der Waals surface area contributed by atoms with Crippen LogP contribution >= 0.6 is 11.8 Å². The molecule has 1 amide bonds.